The van der Waals surface area contributed by atoms with Crippen LogP contribution in [-0.4, -0.2) is 21.0 Å². The lowest BCUT2D eigenvalue weighted by molar-refractivity contribution is 0.0696. The maximum absolute atomic E-state index is 10.6. The first-order chi connectivity index (χ1) is 8.15. The molecule has 1 N–H and O–H groups in total. The molecule has 17 heavy (non-hydrogen) atoms. The van der Waals surface area contributed by atoms with Gasteiger partial charge < -0.3 is 5.11 Å². The number of rotatable bonds is 4. The van der Waals surface area contributed by atoms with Gasteiger partial charge in [-0.15, -0.1) is 11.3 Å². The number of thiazole rings is 1. The minimum atomic E-state index is -0.954. The summed E-state index contributed by atoms with van der Waals surface area (Å²) < 4.78 is 0. The molecule has 0 unspecified atom stereocenters. The molecule has 6 heteroatoms. The number of nitrogens with zero attached hydrogens (tertiary/aromatic N) is 2. The van der Waals surface area contributed by atoms with Gasteiger partial charge in [-0.2, -0.15) is 0 Å². The maximum Gasteiger partial charge on any atom is 0.337 e. The van der Waals surface area contributed by atoms with E-state index in [1.165, 1.54) is 6.20 Å². The number of aryl methyl sites for hydroxylation is 1. The van der Waals surface area contributed by atoms with Crippen LogP contribution in [0.25, 0.3) is 0 Å². The zero-order chi connectivity index (χ0) is 12.3. The van der Waals surface area contributed by atoms with Crippen molar-refractivity contribution in [2.45, 2.75) is 17.7 Å². The molecule has 0 spiro atoms. The zero-order valence-electron chi connectivity index (χ0n) is 9.08. The Morgan fingerprint density at radius 3 is 2.88 bits per heavy atom. The van der Waals surface area contributed by atoms with Crippen molar-refractivity contribution >= 4 is 29.1 Å². The third kappa shape index (κ3) is 3.28. The van der Waals surface area contributed by atoms with Gasteiger partial charge in [-0.3, -0.25) is 0 Å². The van der Waals surface area contributed by atoms with Crippen molar-refractivity contribution in [2.24, 2.45) is 0 Å². The summed E-state index contributed by atoms with van der Waals surface area (Å²) in [5.74, 6) is -0.192. The van der Waals surface area contributed by atoms with Crippen molar-refractivity contribution in [2.75, 3.05) is 0 Å². The fourth-order valence-corrected chi connectivity index (χ4v) is 2.83. The topological polar surface area (TPSA) is 63.1 Å². The number of carboxylic acid groups (broad SMARTS) is 1. The van der Waals surface area contributed by atoms with Crippen molar-refractivity contribution in [1.29, 1.82) is 0 Å². The summed E-state index contributed by atoms with van der Waals surface area (Å²) in [6.07, 6.45) is 1.37. The van der Waals surface area contributed by atoms with E-state index in [-0.39, 0.29) is 5.56 Å². The molecule has 0 atom stereocenters. The van der Waals surface area contributed by atoms with Crippen LogP contribution in [0.4, 0.5) is 0 Å². The molecular formula is C11H10N2O2S2. The summed E-state index contributed by atoms with van der Waals surface area (Å²) in [4.78, 5) is 19.1. The Balaban J connectivity index is 1.97. The lowest BCUT2D eigenvalue weighted by atomic mass is 10.3. The van der Waals surface area contributed by atoms with Crippen LogP contribution in [-0.2, 0) is 5.75 Å². The van der Waals surface area contributed by atoms with Crippen LogP contribution in [0, 0.1) is 6.92 Å². The molecule has 2 aromatic rings. The molecule has 0 radical (unpaired) electrons. The van der Waals surface area contributed by atoms with Gasteiger partial charge in [0.05, 0.1) is 16.3 Å². The molecule has 0 bridgehead atoms. The first-order valence-electron chi connectivity index (χ1n) is 4.88. The lowest BCUT2D eigenvalue weighted by Gasteiger charge is -1.99. The van der Waals surface area contributed by atoms with E-state index >= 15 is 0 Å². The number of aromatic carboxylic acids is 1. The van der Waals surface area contributed by atoms with Gasteiger partial charge in [-0.1, -0.05) is 11.8 Å². The normalized spacial score (nSPS) is 10.4. The number of carboxylic acids is 1. The molecule has 88 valence electrons. The summed E-state index contributed by atoms with van der Waals surface area (Å²) in [6, 6.07) is 3.28. The van der Waals surface area contributed by atoms with Gasteiger partial charge in [0, 0.05) is 17.3 Å². The number of aromatic nitrogens is 2. The third-order valence-electron chi connectivity index (χ3n) is 1.99. The third-order valence-corrected chi connectivity index (χ3v) is 4.10. The van der Waals surface area contributed by atoms with Gasteiger partial charge in [0.2, 0.25) is 0 Å². The molecule has 2 rings (SSSR count). The zero-order valence-corrected chi connectivity index (χ0v) is 10.7. The highest BCUT2D eigenvalue weighted by Gasteiger charge is 2.04. The van der Waals surface area contributed by atoms with E-state index in [1.54, 1.807) is 35.2 Å². The maximum atomic E-state index is 10.6. The Bertz CT molecular complexity index is 523. The largest absolute Gasteiger partial charge is 0.478 e. The molecule has 0 aliphatic rings. The molecule has 0 saturated carbocycles. The van der Waals surface area contributed by atoms with E-state index in [4.69, 9.17) is 5.11 Å². The minimum Gasteiger partial charge on any atom is -0.478 e. The summed E-state index contributed by atoms with van der Waals surface area (Å²) >= 11 is 3.17. The van der Waals surface area contributed by atoms with E-state index in [1.807, 2.05) is 12.3 Å². The molecule has 0 aliphatic heterocycles. The molecule has 4 nitrogen and oxygen atoms in total. The molecule has 0 amide bonds. The molecule has 0 aromatic carbocycles. The first-order valence-corrected chi connectivity index (χ1v) is 6.75. The predicted molar refractivity (Wildman–Crippen MR) is 67.6 cm³/mol. The molecular weight excluding hydrogens is 256 g/mol. The van der Waals surface area contributed by atoms with Gasteiger partial charge in [-0.25, -0.2) is 14.8 Å². The molecule has 0 aliphatic carbocycles. The van der Waals surface area contributed by atoms with Crippen LogP contribution in [0.15, 0.2) is 28.7 Å². The summed E-state index contributed by atoms with van der Waals surface area (Å²) in [7, 11) is 0. The number of hydrogen-bond donors (Lipinski definition) is 1. The van der Waals surface area contributed by atoms with Crippen molar-refractivity contribution in [3.05, 3.63) is 40.0 Å². The Labute approximate surface area is 107 Å². The van der Waals surface area contributed by atoms with E-state index in [0.29, 0.717) is 0 Å². The van der Waals surface area contributed by atoms with Crippen LogP contribution in [0.2, 0.25) is 0 Å². The summed E-state index contributed by atoms with van der Waals surface area (Å²) in [6.45, 7) is 1.96. The van der Waals surface area contributed by atoms with Gasteiger partial charge >= 0.3 is 5.97 Å². The van der Waals surface area contributed by atoms with Crippen LogP contribution in [0.1, 0.15) is 21.1 Å². The second-order valence-electron chi connectivity index (χ2n) is 3.36. The van der Waals surface area contributed by atoms with E-state index in [2.05, 4.69) is 9.97 Å². The number of pyridine rings is 1. The minimum absolute atomic E-state index is 0.208. The van der Waals surface area contributed by atoms with Gasteiger partial charge in [0.15, 0.2) is 0 Å². The highest BCUT2D eigenvalue weighted by Crippen LogP contribution is 2.22. The monoisotopic (exact) mass is 266 g/mol. The number of thioether (sulfide) groups is 1. The van der Waals surface area contributed by atoms with Gasteiger partial charge in [0.25, 0.3) is 0 Å². The van der Waals surface area contributed by atoms with Crippen molar-refractivity contribution in [1.82, 2.24) is 9.97 Å². The molecule has 2 heterocycles. The van der Waals surface area contributed by atoms with E-state index in [0.717, 1.165) is 21.5 Å². The van der Waals surface area contributed by atoms with Crippen LogP contribution in [0.3, 0.4) is 0 Å². The average molecular weight is 266 g/mol. The van der Waals surface area contributed by atoms with Gasteiger partial charge in [0.1, 0.15) is 5.01 Å². The van der Waals surface area contributed by atoms with E-state index < -0.39 is 5.97 Å². The fourth-order valence-electron chi connectivity index (χ4n) is 1.20. The van der Waals surface area contributed by atoms with Crippen molar-refractivity contribution < 1.29 is 9.90 Å². The standard InChI is InChI=1S/C11H10N2O2S2/c1-7-5-16-10(13-7)6-17-9-3-2-8(4-12-9)11(14)15/h2-5H,6H2,1H3,(H,14,15). The predicted octanol–water partition coefficient (Wildman–Crippen LogP) is 2.84. The Morgan fingerprint density at radius 1 is 1.53 bits per heavy atom. The second kappa shape index (κ2) is 5.29. The Hall–Kier alpha value is -1.40. The number of carbonyl (C=O) groups is 1. The van der Waals surface area contributed by atoms with Gasteiger partial charge in [-0.05, 0) is 19.1 Å². The summed E-state index contributed by atoms with van der Waals surface area (Å²) in [5.41, 5.74) is 1.24. The number of hydrogen-bond acceptors (Lipinski definition) is 5. The highest BCUT2D eigenvalue weighted by molar-refractivity contribution is 7.98. The average Bonchev–Trinajstić information content (AvgIpc) is 2.73. The highest BCUT2D eigenvalue weighted by atomic mass is 32.2. The smallest absolute Gasteiger partial charge is 0.337 e. The molecule has 0 saturated heterocycles. The van der Waals surface area contributed by atoms with E-state index in [9.17, 15) is 4.79 Å². The lowest BCUT2D eigenvalue weighted by Crippen LogP contribution is -1.96. The SMILES string of the molecule is Cc1csc(CSc2ccc(C(=O)O)cn2)n1. The molecule has 0 fully saturated rings. The van der Waals surface area contributed by atoms with Crippen LogP contribution in [0.5, 0.6) is 0 Å². The van der Waals surface area contributed by atoms with Crippen molar-refractivity contribution in [3.63, 3.8) is 0 Å². The molecule has 2 aromatic heterocycles. The summed E-state index contributed by atoms with van der Waals surface area (Å²) in [5, 5.41) is 12.6. The fraction of sp³-hybridized carbons (Fsp3) is 0.182. The first kappa shape index (κ1) is 12.1. The van der Waals surface area contributed by atoms with Crippen LogP contribution < -0.4 is 0 Å². The van der Waals surface area contributed by atoms with Crippen LogP contribution >= 0.6 is 23.1 Å². The van der Waals surface area contributed by atoms with Crippen molar-refractivity contribution in [3.8, 4) is 0 Å². The Morgan fingerprint density at radius 2 is 2.35 bits per heavy atom. The quantitative estimate of drug-likeness (QED) is 0.862. The Kier molecular flexibility index (Phi) is 3.75. The second-order valence-corrected chi connectivity index (χ2v) is 5.30.